The molecule has 0 saturated heterocycles. The lowest BCUT2D eigenvalue weighted by molar-refractivity contribution is 0.0786. The molecule has 3 rings (SSSR count). The van der Waals surface area contributed by atoms with Crippen LogP contribution in [-0.2, 0) is 5.60 Å². The number of halogens is 3. The monoisotopic (exact) mass is 334 g/mol. The minimum absolute atomic E-state index is 0.0136. The standard InChI is InChI=1S/C17H13F3N2O2/c1-17(2,24)9-5-3-8(4-6-9)15-21-14-11(19)7-10(18)13(20)12(14)16(23)22-15/h3-7,24H,1-2H3,(H,21,22,23). The average molecular weight is 334 g/mol. The smallest absolute Gasteiger partial charge is 0.262 e. The van der Waals surface area contributed by atoms with Crippen molar-refractivity contribution in [1.29, 1.82) is 0 Å². The summed E-state index contributed by atoms with van der Waals surface area (Å²) in [7, 11) is 0. The van der Waals surface area contributed by atoms with Gasteiger partial charge < -0.3 is 10.1 Å². The predicted molar refractivity (Wildman–Crippen MR) is 82.9 cm³/mol. The molecule has 4 nitrogen and oxygen atoms in total. The number of hydrogen-bond acceptors (Lipinski definition) is 3. The van der Waals surface area contributed by atoms with Crippen molar-refractivity contribution in [2.24, 2.45) is 0 Å². The number of fused-ring (bicyclic) bond motifs is 1. The van der Waals surface area contributed by atoms with Gasteiger partial charge in [0.2, 0.25) is 0 Å². The van der Waals surface area contributed by atoms with Gasteiger partial charge in [-0.3, -0.25) is 4.79 Å². The molecular weight excluding hydrogens is 321 g/mol. The van der Waals surface area contributed by atoms with E-state index < -0.39 is 39.5 Å². The van der Waals surface area contributed by atoms with Crippen LogP contribution in [-0.4, -0.2) is 15.1 Å². The molecule has 0 unspecified atom stereocenters. The zero-order valence-electron chi connectivity index (χ0n) is 12.8. The zero-order chi connectivity index (χ0) is 17.6. The molecule has 0 saturated carbocycles. The SMILES string of the molecule is CC(C)(O)c1ccc(-c2nc3c(F)cc(F)c(F)c3c(=O)[nH]2)cc1. The van der Waals surface area contributed by atoms with E-state index in [1.54, 1.807) is 38.1 Å². The van der Waals surface area contributed by atoms with Crippen molar-refractivity contribution in [3.63, 3.8) is 0 Å². The van der Waals surface area contributed by atoms with Gasteiger partial charge in [0.15, 0.2) is 17.5 Å². The van der Waals surface area contributed by atoms with Crippen LogP contribution in [0.25, 0.3) is 22.3 Å². The minimum atomic E-state index is -1.45. The molecule has 0 amide bonds. The number of aliphatic hydroxyl groups is 1. The van der Waals surface area contributed by atoms with E-state index in [1.807, 2.05) is 0 Å². The van der Waals surface area contributed by atoms with Gasteiger partial charge in [-0.2, -0.15) is 0 Å². The summed E-state index contributed by atoms with van der Waals surface area (Å²) in [5.41, 5.74) is -1.49. The predicted octanol–water partition coefficient (Wildman–Crippen LogP) is 3.23. The number of hydrogen-bond donors (Lipinski definition) is 2. The summed E-state index contributed by atoms with van der Waals surface area (Å²) >= 11 is 0. The van der Waals surface area contributed by atoms with Crippen LogP contribution in [0.5, 0.6) is 0 Å². The second kappa shape index (κ2) is 5.45. The van der Waals surface area contributed by atoms with Gasteiger partial charge in [-0.15, -0.1) is 0 Å². The Morgan fingerprint density at radius 1 is 1.08 bits per heavy atom. The second-order valence-electron chi connectivity index (χ2n) is 5.93. The van der Waals surface area contributed by atoms with Crippen molar-refractivity contribution in [2.75, 3.05) is 0 Å². The molecule has 0 atom stereocenters. The van der Waals surface area contributed by atoms with Gasteiger partial charge in [0.1, 0.15) is 16.7 Å². The van der Waals surface area contributed by atoms with Crippen LogP contribution < -0.4 is 5.56 Å². The van der Waals surface area contributed by atoms with Crippen LogP contribution >= 0.6 is 0 Å². The molecule has 0 aliphatic carbocycles. The Labute approximate surface area is 134 Å². The molecule has 1 heterocycles. The second-order valence-corrected chi connectivity index (χ2v) is 5.93. The molecule has 24 heavy (non-hydrogen) atoms. The van der Waals surface area contributed by atoms with Crippen molar-refractivity contribution >= 4 is 10.9 Å². The molecule has 0 fully saturated rings. The maximum Gasteiger partial charge on any atom is 0.262 e. The summed E-state index contributed by atoms with van der Waals surface area (Å²) in [5.74, 6) is -4.00. The molecular formula is C17H13F3N2O2. The van der Waals surface area contributed by atoms with Gasteiger partial charge in [0.05, 0.1) is 5.60 Å². The quantitative estimate of drug-likeness (QED) is 0.707. The fourth-order valence-corrected chi connectivity index (χ4v) is 2.38. The largest absolute Gasteiger partial charge is 0.386 e. The number of H-pyrrole nitrogens is 1. The van der Waals surface area contributed by atoms with Gasteiger partial charge in [0, 0.05) is 11.6 Å². The highest BCUT2D eigenvalue weighted by Crippen LogP contribution is 2.25. The minimum Gasteiger partial charge on any atom is -0.386 e. The van der Waals surface area contributed by atoms with Crippen molar-refractivity contribution < 1.29 is 18.3 Å². The Morgan fingerprint density at radius 3 is 2.29 bits per heavy atom. The average Bonchev–Trinajstić information content (AvgIpc) is 2.51. The van der Waals surface area contributed by atoms with Gasteiger partial charge in [-0.25, -0.2) is 18.2 Å². The molecule has 2 aromatic carbocycles. The summed E-state index contributed by atoms with van der Waals surface area (Å²) in [4.78, 5) is 18.2. The molecule has 0 aliphatic rings. The van der Waals surface area contributed by atoms with Crippen molar-refractivity contribution in [1.82, 2.24) is 9.97 Å². The summed E-state index contributed by atoms with van der Waals surface area (Å²) in [5, 5.41) is 9.17. The number of nitrogens with zero attached hydrogens (tertiary/aromatic N) is 1. The third-order valence-electron chi connectivity index (χ3n) is 3.69. The summed E-state index contributed by atoms with van der Waals surface area (Å²) in [6.45, 7) is 3.23. The first-order valence-electron chi connectivity index (χ1n) is 7.09. The fourth-order valence-electron chi connectivity index (χ4n) is 2.38. The lowest BCUT2D eigenvalue weighted by Crippen LogP contribution is -2.15. The Morgan fingerprint density at radius 2 is 1.71 bits per heavy atom. The van der Waals surface area contributed by atoms with Crippen molar-refractivity contribution in [3.05, 3.63) is 63.7 Å². The third-order valence-corrected chi connectivity index (χ3v) is 3.69. The Balaban J connectivity index is 2.20. The lowest BCUT2D eigenvalue weighted by Gasteiger charge is -2.17. The van der Waals surface area contributed by atoms with Crippen molar-refractivity contribution in [3.8, 4) is 11.4 Å². The summed E-state index contributed by atoms with van der Waals surface area (Å²) in [6.07, 6.45) is 0. The lowest BCUT2D eigenvalue weighted by atomic mass is 9.97. The van der Waals surface area contributed by atoms with Crippen LogP contribution in [0, 0.1) is 17.5 Å². The highest BCUT2D eigenvalue weighted by molar-refractivity contribution is 5.80. The van der Waals surface area contributed by atoms with Gasteiger partial charge in [0.25, 0.3) is 5.56 Å². The first-order chi connectivity index (χ1) is 11.2. The van der Waals surface area contributed by atoms with Crippen LogP contribution in [0.2, 0.25) is 0 Å². The Hall–Kier alpha value is -2.67. The van der Waals surface area contributed by atoms with Gasteiger partial charge >= 0.3 is 0 Å². The number of rotatable bonds is 2. The first kappa shape index (κ1) is 16.2. The van der Waals surface area contributed by atoms with E-state index in [0.29, 0.717) is 17.2 Å². The highest BCUT2D eigenvalue weighted by Gasteiger charge is 2.19. The Kier molecular flexibility index (Phi) is 3.68. The highest BCUT2D eigenvalue weighted by atomic mass is 19.2. The molecule has 3 aromatic rings. The normalized spacial score (nSPS) is 11.9. The molecule has 0 aliphatic heterocycles. The zero-order valence-corrected chi connectivity index (χ0v) is 12.8. The summed E-state index contributed by atoms with van der Waals surface area (Å²) in [6, 6.07) is 6.76. The van der Waals surface area contributed by atoms with E-state index in [-0.39, 0.29) is 5.82 Å². The van der Waals surface area contributed by atoms with Crippen LogP contribution in [0.3, 0.4) is 0 Å². The number of nitrogens with one attached hydrogen (secondary N) is 1. The van der Waals surface area contributed by atoms with E-state index in [4.69, 9.17) is 0 Å². The van der Waals surface area contributed by atoms with Crippen molar-refractivity contribution in [2.45, 2.75) is 19.4 Å². The first-order valence-corrected chi connectivity index (χ1v) is 7.09. The van der Waals surface area contributed by atoms with Crippen LogP contribution in [0.1, 0.15) is 19.4 Å². The molecule has 0 spiro atoms. The van der Waals surface area contributed by atoms with Gasteiger partial charge in [-0.1, -0.05) is 24.3 Å². The fraction of sp³-hybridized carbons (Fsp3) is 0.176. The van der Waals surface area contributed by atoms with Gasteiger partial charge in [-0.05, 0) is 19.4 Å². The van der Waals surface area contributed by atoms with E-state index >= 15 is 0 Å². The molecule has 0 radical (unpaired) electrons. The summed E-state index contributed by atoms with van der Waals surface area (Å²) < 4.78 is 40.8. The maximum atomic E-state index is 13.9. The maximum absolute atomic E-state index is 13.9. The van der Waals surface area contributed by atoms with Crippen LogP contribution in [0.4, 0.5) is 13.2 Å². The third kappa shape index (κ3) is 2.67. The number of benzene rings is 2. The van der Waals surface area contributed by atoms with E-state index in [1.165, 1.54) is 0 Å². The molecule has 124 valence electrons. The van der Waals surface area contributed by atoms with E-state index in [2.05, 4.69) is 9.97 Å². The number of aromatic nitrogens is 2. The molecule has 7 heteroatoms. The molecule has 1 aromatic heterocycles. The molecule has 0 bridgehead atoms. The van der Waals surface area contributed by atoms with Crippen LogP contribution in [0.15, 0.2) is 35.1 Å². The van der Waals surface area contributed by atoms with E-state index in [0.717, 1.165) is 0 Å². The topological polar surface area (TPSA) is 66.0 Å². The molecule has 2 N–H and O–H groups in total. The Bertz CT molecular complexity index is 990. The van der Waals surface area contributed by atoms with E-state index in [9.17, 15) is 23.1 Å². The number of aromatic amines is 1.